The molecule has 1 atom stereocenters. The van der Waals surface area contributed by atoms with Gasteiger partial charge in [0, 0.05) is 32.1 Å². The van der Waals surface area contributed by atoms with Crippen LogP contribution in [-0.4, -0.2) is 76.1 Å². The molecule has 8 nitrogen and oxygen atoms in total. The molecule has 0 aliphatic carbocycles. The van der Waals surface area contributed by atoms with Crippen LogP contribution in [0.5, 0.6) is 0 Å². The lowest BCUT2D eigenvalue weighted by atomic mass is 9.88. The summed E-state index contributed by atoms with van der Waals surface area (Å²) in [6.45, 7) is 10.2. The summed E-state index contributed by atoms with van der Waals surface area (Å²) in [7, 11) is 1.88. The molecule has 3 aromatic rings. The van der Waals surface area contributed by atoms with Crippen LogP contribution < -0.4 is 0 Å². The van der Waals surface area contributed by atoms with Gasteiger partial charge in [0.05, 0.1) is 36.5 Å². The van der Waals surface area contributed by atoms with E-state index in [1.54, 1.807) is 22.1 Å². The molecule has 2 amide bonds. The van der Waals surface area contributed by atoms with Crippen molar-refractivity contribution in [3.05, 3.63) is 53.5 Å². The summed E-state index contributed by atoms with van der Waals surface area (Å²) in [5.41, 5.74) is 3.35. The van der Waals surface area contributed by atoms with E-state index in [-0.39, 0.29) is 18.0 Å². The molecule has 2 fully saturated rings. The molecule has 2 aliphatic rings. The summed E-state index contributed by atoms with van der Waals surface area (Å²) in [5, 5.41) is 5.36. The SMILES string of the molecule is C[C@@H]1COCCN1C(=O)c1cc(F)ccc1-c1cc(CC2CN(C(=O)OC(C)(C)C)C2)cc2c1cnn2C. The van der Waals surface area contributed by atoms with Gasteiger partial charge in [-0.25, -0.2) is 9.18 Å². The fraction of sp³-hybridized carbons (Fsp3) is 0.483. The number of benzene rings is 2. The predicted molar refractivity (Wildman–Crippen MR) is 142 cm³/mol. The second-order valence-corrected chi connectivity index (χ2v) is 11.4. The van der Waals surface area contributed by atoms with Gasteiger partial charge in [-0.1, -0.05) is 12.1 Å². The number of morpholine rings is 1. The molecule has 9 heteroatoms. The highest BCUT2D eigenvalue weighted by Gasteiger charge is 2.34. The van der Waals surface area contributed by atoms with E-state index in [9.17, 15) is 14.0 Å². The molecule has 1 aromatic heterocycles. The average molecular weight is 523 g/mol. The minimum atomic E-state index is -0.523. The van der Waals surface area contributed by atoms with Crippen molar-refractivity contribution in [2.45, 2.75) is 45.8 Å². The van der Waals surface area contributed by atoms with Crippen molar-refractivity contribution >= 4 is 22.9 Å². The molecule has 0 unspecified atom stereocenters. The Hall–Kier alpha value is -3.46. The van der Waals surface area contributed by atoms with Crippen LogP contribution in [-0.2, 0) is 22.9 Å². The monoisotopic (exact) mass is 522 g/mol. The van der Waals surface area contributed by atoms with Gasteiger partial charge in [0.25, 0.3) is 5.91 Å². The lowest BCUT2D eigenvalue weighted by Gasteiger charge is -2.40. The van der Waals surface area contributed by atoms with Crippen LogP contribution in [0.1, 0.15) is 43.6 Å². The van der Waals surface area contributed by atoms with E-state index >= 15 is 0 Å². The molecule has 0 radical (unpaired) electrons. The molecule has 2 aromatic carbocycles. The third-order valence-electron chi connectivity index (χ3n) is 7.19. The number of halogens is 1. The number of fused-ring (bicyclic) bond motifs is 1. The number of nitrogens with zero attached hydrogens (tertiary/aromatic N) is 4. The Kier molecular flexibility index (Phi) is 6.90. The number of hydrogen-bond acceptors (Lipinski definition) is 5. The highest BCUT2D eigenvalue weighted by Crippen LogP contribution is 2.35. The van der Waals surface area contributed by atoms with Crippen molar-refractivity contribution in [2.75, 3.05) is 32.8 Å². The van der Waals surface area contributed by atoms with Gasteiger partial charge in [0.2, 0.25) is 0 Å². The second kappa shape index (κ2) is 10.0. The minimum absolute atomic E-state index is 0.0938. The fourth-order valence-electron chi connectivity index (χ4n) is 5.27. The Morgan fingerprint density at radius 1 is 1.16 bits per heavy atom. The largest absolute Gasteiger partial charge is 0.444 e. The minimum Gasteiger partial charge on any atom is -0.444 e. The van der Waals surface area contributed by atoms with Crippen molar-refractivity contribution in [1.82, 2.24) is 19.6 Å². The topological polar surface area (TPSA) is 76.9 Å². The number of aryl methyl sites for hydroxylation is 1. The Labute approximate surface area is 222 Å². The zero-order valence-electron chi connectivity index (χ0n) is 22.7. The summed E-state index contributed by atoms with van der Waals surface area (Å²) < 4.78 is 27.3. The standard InChI is InChI=1S/C29H35FN4O4/c1-18-17-37-9-8-34(18)27(35)24-13-21(30)6-7-22(24)23-11-19(12-26-25(23)14-31-32(26)5)10-20-15-33(16-20)28(36)38-29(2,3)4/h6-7,11-14,18,20H,8-10,15-17H2,1-5H3/t18-/m1/s1. The van der Waals surface area contributed by atoms with Crippen LogP contribution in [0.15, 0.2) is 36.5 Å². The van der Waals surface area contributed by atoms with E-state index in [4.69, 9.17) is 9.47 Å². The number of rotatable bonds is 4. The molecular formula is C29H35FN4O4. The number of amides is 2. The first-order valence-electron chi connectivity index (χ1n) is 13.1. The summed E-state index contributed by atoms with van der Waals surface area (Å²) in [4.78, 5) is 29.5. The summed E-state index contributed by atoms with van der Waals surface area (Å²) in [6, 6.07) is 8.51. The summed E-state index contributed by atoms with van der Waals surface area (Å²) in [5.74, 6) is -0.359. The van der Waals surface area contributed by atoms with E-state index in [0.717, 1.165) is 28.5 Å². The molecule has 0 saturated carbocycles. The van der Waals surface area contributed by atoms with Crippen LogP contribution in [0.3, 0.4) is 0 Å². The zero-order chi connectivity index (χ0) is 27.2. The fourth-order valence-corrected chi connectivity index (χ4v) is 5.27. The maximum atomic E-state index is 14.5. The maximum absolute atomic E-state index is 14.5. The number of carbonyl (C=O) groups is 2. The van der Waals surface area contributed by atoms with Crippen LogP contribution in [0.2, 0.25) is 0 Å². The van der Waals surface area contributed by atoms with Crippen molar-refractivity contribution in [3.63, 3.8) is 0 Å². The van der Waals surface area contributed by atoms with E-state index in [2.05, 4.69) is 17.2 Å². The van der Waals surface area contributed by atoms with Gasteiger partial charge in [0.15, 0.2) is 0 Å². The third kappa shape index (κ3) is 5.25. The molecule has 3 heterocycles. The first-order valence-corrected chi connectivity index (χ1v) is 13.1. The Balaban J connectivity index is 1.46. The van der Waals surface area contributed by atoms with E-state index in [0.29, 0.717) is 49.9 Å². The van der Waals surface area contributed by atoms with E-state index < -0.39 is 11.4 Å². The molecular weight excluding hydrogens is 487 g/mol. The van der Waals surface area contributed by atoms with Gasteiger partial charge in [-0.05, 0) is 74.9 Å². The van der Waals surface area contributed by atoms with Crippen LogP contribution in [0.4, 0.5) is 9.18 Å². The Bertz CT molecular complexity index is 1370. The van der Waals surface area contributed by atoms with Crippen LogP contribution in [0, 0.1) is 11.7 Å². The maximum Gasteiger partial charge on any atom is 0.410 e. The van der Waals surface area contributed by atoms with Gasteiger partial charge in [-0.2, -0.15) is 5.10 Å². The van der Waals surface area contributed by atoms with Crippen molar-refractivity contribution in [3.8, 4) is 11.1 Å². The number of likely N-dealkylation sites (tertiary alicyclic amines) is 1. The molecule has 0 N–H and O–H groups in total. The molecule has 0 bridgehead atoms. The Morgan fingerprint density at radius 2 is 1.92 bits per heavy atom. The third-order valence-corrected chi connectivity index (χ3v) is 7.19. The number of carbonyl (C=O) groups excluding carboxylic acids is 2. The molecule has 2 saturated heterocycles. The summed E-state index contributed by atoms with van der Waals surface area (Å²) >= 11 is 0. The van der Waals surface area contributed by atoms with Gasteiger partial charge in [0.1, 0.15) is 11.4 Å². The lowest BCUT2D eigenvalue weighted by Crippen LogP contribution is -2.52. The summed E-state index contributed by atoms with van der Waals surface area (Å²) in [6.07, 6.45) is 2.26. The average Bonchev–Trinajstić information content (AvgIpc) is 3.20. The number of ether oxygens (including phenoxy) is 2. The molecule has 38 heavy (non-hydrogen) atoms. The number of hydrogen-bond donors (Lipinski definition) is 0. The van der Waals surface area contributed by atoms with Gasteiger partial charge in [-0.3, -0.25) is 9.48 Å². The first-order chi connectivity index (χ1) is 18.0. The highest BCUT2D eigenvalue weighted by atomic mass is 19.1. The smallest absolute Gasteiger partial charge is 0.410 e. The zero-order valence-corrected chi connectivity index (χ0v) is 22.7. The Morgan fingerprint density at radius 3 is 2.63 bits per heavy atom. The van der Waals surface area contributed by atoms with Crippen molar-refractivity contribution in [2.24, 2.45) is 13.0 Å². The second-order valence-electron chi connectivity index (χ2n) is 11.4. The normalized spacial score (nSPS) is 18.5. The van der Waals surface area contributed by atoms with E-state index in [1.165, 1.54) is 12.1 Å². The quantitative estimate of drug-likeness (QED) is 0.499. The van der Waals surface area contributed by atoms with Crippen molar-refractivity contribution < 1.29 is 23.5 Å². The molecule has 5 rings (SSSR count). The number of aromatic nitrogens is 2. The lowest BCUT2D eigenvalue weighted by molar-refractivity contribution is -0.000904. The van der Waals surface area contributed by atoms with E-state index in [1.807, 2.05) is 39.4 Å². The van der Waals surface area contributed by atoms with Crippen LogP contribution >= 0.6 is 0 Å². The molecule has 0 spiro atoms. The molecule has 202 valence electrons. The van der Waals surface area contributed by atoms with Gasteiger partial charge in [-0.15, -0.1) is 0 Å². The molecule has 2 aliphatic heterocycles. The van der Waals surface area contributed by atoms with Crippen LogP contribution in [0.25, 0.3) is 22.0 Å². The van der Waals surface area contributed by atoms with Crippen molar-refractivity contribution in [1.29, 1.82) is 0 Å². The first kappa shape index (κ1) is 26.2. The van der Waals surface area contributed by atoms with Gasteiger partial charge >= 0.3 is 6.09 Å². The van der Waals surface area contributed by atoms with Gasteiger partial charge < -0.3 is 19.3 Å². The predicted octanol–water partition coefficient (Wildman–Crippen LogP) is 4.65. The highest BCUT2D eigenvalue weighted by molar-refractivity contribution is 6.05.